The van der Waals surface area contributed by atoms with Crippen molar-refractivity contribution in [2.75, 3.05) is 30.4 Å². The fourth-order valence-electron chi connectivity index (χ4n) is 5.90. The van der Waals surface area contributed by atoms with Crippen molar-refractivity contribution in [3.05, 3.63) is 101 Å². The molecule has 1 aliphatic carbocycles. The highest BCUT2D eigenvalue weighted by atomic mass is 32.2. The molecule has 2 aliphatic rings. The molecule has 0 fully saturated rings. The van der Waals surface area contributed by atoms with Gasteiger partial charge in [0, 0.05) is 24.2 Å². The summed E-state index contributed by atoms with van der Waals surface area (Å²) >= 11 is 0. The largest absolute Gasteiger partial charge is 0.465 e. The number of primary sulfonamides is 1. The van der Waals surface area contributed by atoms with Gasteiger partial charge in [-0.25, -0.2) is 18.4 Å². The molecule has 5 rings (SSSR count). The molecule has 0 saturated carbocycles. The molecule has 0 radical (unpaired) electrons. The summed E-state index contributed by atoms with van der Waals surface area (Å²) in [5, 5.41) is 11.7. The average molecular weight is 617 g/mol. The number of rotatable bonds is 8. The smallest absolute Gasteiger partial charge is 0.337 e. The van der Waals surface area contributed by atoms with Crippen LogP contribution in [0.25, 0.3) is 0 Å². The Morgan fingerprint density at radius 2 is 1.70 bits per heavy atom. The maximum absolute atomic E-state index is 13.9. The molecule has 4 N–H and O–H groups in total. The second kappa shape index (κ2) is 12.3. The number of anilines is 2. The first kappa shape index (κ1) is 31.0. The Kier molecular flexibility index (Phi) is 8.62. The number of benzene rings is 3. The summed E-state index contributed by atoms with van der Waals surface area (Å²) in [6, 6.07) is 20.2. The first-order chi connectivity index (χ1) is 20.9. The number of fused-ring (bicyclic) bond motifs is 1. The van der Waals surface area contributed by atoms with Gasteiger partial charge in [0.2, 0.25) is 15.9 Å². The van der Waals surface area contributed by atoms with Gasteiger partial charge in [-0.1, -0.05) is 50.2 Å². The van der Waals surface area contributed by atoms with E-state index < -0.39 is 22.0 Å². The number of ketones is 1. The number of nitrogens with two attached hydrogens (primary N) is 1. The monoisotopic (exact) mass is 616 g/mol. The van der Waals surface area contributed by atoms with Gasteiger partial charge in [0.1, 0.15) is 0 Å². The lowest BCUT2D eigenvalue weighted by Gasteiger charge is -2.38. The number of para-hydroxylation sites is 2. The van der Waals surface area contributed by atoms with E-state index in [1.165, 1.54) is 19.2 Å². The summed E-state index contributed by atoms with van der Waals surface area (Å²) < 4.78 is 28.0. The number of esters is 1. The predicted octanol–water partition coefficient (Wildman–Crippen LogP) is 4.10. The number of allylic oxidation sites excluding steroid dienone is 1. The highest BCUT2D eigenvalue weighted by Crippen LogP contribution is 2.48. The van der Waals surface area contributed by atoms with Gasteiger partial charge in [0.15, 0.2) is 5.78 Å². The summed E-state index contributed by atoms with van der Waals surface area (Å²) in [6.07, 6.45) is 1.50. The van der Waals surface area contributed by atoms with Crippen LogP contribution in [-0.2, 0) is 30.8 Å². The lowest BCUT2D eigenvalue weighted by atomic mass is 9.73. The number of nitrogens with zero attached hydrogens (tertiary/aromatic N) is 1. The summed E-state index contributed by atoms with van der Waals surface area (Å²) in [5.41, 5.74) is 4.74. The molecular weight excluding hydrogens is 580 g/mol. The number of sulfonamides is 1. The lowest BCUT2D eigenvalue weighted by Crippen LogP contribution is -2.42. The third kappa shape index (κ3) is 6.68. The van der Waals surface area contributed by atoms with Crippen LogP contribution < -0.4 is 20.7 Å². The number of methoxy groups -OCH3 is 1. The Morgan fingerprint density at radius 1 is 1.02 bits per heavy atom. The molecule has 11 heteroatoms. The number of hydrogen-bond acceptors (Lipinski definition) is 8. The Bertz CT molecular complexity index is 1730. The Labute approximate surface area is 257 Å². The van der Waals surface area contributed by atoms with Crippen LogP contribution in [0.15, 0.2) is 89.0 Å². The molecule has 0 saturated heterocycles. The molecule has 3 aromatic carbocycles. The zero-order chi connectivity index (χ0) is 31.6. The molecule has 1 unspecified atom stereocenters. The topological polar surface area (TPSA) is 148 Å². The summed E-state index contributed by atoms with van der Waals surface area (Å²) in [4.78, 5) is 41.5. The van der Waals surface area contributed by atoms with Crippen molar-refractivity contribution in [2.45, 2.75) is 44.0 Å². The van der Waals surface area contributed by atoms with E-state index in [2.05, 4.69) is 24.5 Å². The van der Waals surface area contributed by atoms with E-state index in [-0.39, 0.29) is 28.5 Å². The van der Waals surface area contributed by atoms with E-state index in [1.54, 1.807) is 36.4 Å². The molecule has 1 atom stereocenters. The Balaban J connectivity index is 1.47. The van der Waals surface area contributed by atoms with Gasteiger partial charge < -0.3 is 20.3 Å². The second-order valence-electron chi connectivity index (χ2n) is 11.9. The van der Waals surface area contributed by atoms with Crippen LogP contribution >= 0.6 is 0 Å². The van der Waals surface area contributed by atoms with Crippen LogP contribution in [0, 0.1) is 5.41 Å². The van der Waals surface area contributed by atoms with E-state index in [0.29, 0.717) is 36.9 Å². The molecule has 10 nitrogen and oxygen atoms in total. The average Bonchev–Trinajstić information content (AvgIpc) is 3.10. The van der Waals surface area contributed by atoms with Crippen molar-refractivity contribution < 1.29 is 27.5 Å². The van der Waals surface area contributed by atoms with Crippen LogP contribution in [0.5, 0.6) is 0 Å². The summed E-state index contributed by atoms with van der Waals surface area (Å²) in [5.74, 6) is -0.702. The van der Waals surface area contributed by atoms with Crippen LogP contribution in [-0.4, -0.2) is 46.3 Å². The number of carbonyl (C=O) groups excluding carboxylic acids is 3. The summed E-state index contributed by atoms with van der Waals surface area (Å²) in [6.45, 7) is 4.42. The van der Waals surface area contributed by atoms with Gasteiger partial charge in [0.05, 0.1) is 41.5 Å². The van der Waals surface area contributed by atoms with E-state index in [0.717, 1.165) is 28.2 Å². The normalized spacial score (nSPS) is 17.6. The minimum atomic E-state index is -3.78. The molecule has 0 bridgehead atoms. The van der Waals surface area contributed by atoms with Crippen molar-refractivity contribution in [1.82, 2.24) is 5.32 Å². The highest BCUT2D eigenvalue weighted by molar-refractivity contribution is 7.89. The van der Waals surface area contributed by atoms with Crippen molar-refractivity contribution >= 4 is 39.1 Å². The van der Waals surface area contributed by atoms with Crippen LogP contribution in [0.1, 0.15) is 54.2 Å². The molecule has 230 valence electrons. The molecule has 3 aromatic rings. The van der Waals surface area contributed by atoms with Crippen molar-refractivity contribution in [3.63, 3.8) is 0 Å². The van der Waals surface area contributed by atoms with Gasteiger partial charge in [-0.3, -0.25) is 9.59 Å². The molecule has 1 amide bonds. The third-order valence-corrected chi connectivity index (χ3v) is 8.88. The van der Waals surface area contributed by atoms with Gasteiger partial charge >= 0.3 is 5.97 Å². The van der Waals surface area contributed by atoms with E-state index in [1.807, 2.05) is 29.2 Å². The minimum Gasteiger partial charge on any atom is -0.465 e. The fourth-order valence-corrected chi connectivity index (χ4v) is 6.41. The molecule has 1 aliphatic heterocycles. The Morgan fingerprint density at radius 3 is 2.36 bits per heavy atom. The number of amides is 1. The quantitative estimate of drug-likeness (QED) is 0.321. The number of Topliss-reactive ketones (excluding diaryl/α,β-unsaturated/α-hetero) is 1. The lowest BCUT2D eigenvalue weighted by molar-refractivity contribution is -0.120. The third-order valence-electron chi connectivity index (χ3n) is 7.95. The zero-order valence-electron chi connectivity index (χ0n) is 24.9. The predicted molar refractivity (Wildman–Crippen MR) is 168 cm³/mol. The van der Waals surface area contributed by atoms with Crippen LogP contribution in [0.4, 0.5) is 11.4 Å². The SMILES string of the molecule is COC(=O)c1ccc(C2C3=C(CC(C)(C)CC3=O)Nc3ccccc3N2CC(=O)NCCc2ccc(S(N)(=O)=O)cc2)cc1. The number of ether oxygens (including phenoxy) is 1. The molecule has 44 heavy (non-hydrogen) atoms. The second-order valence-corrected chi connectivity index (χ2v) is 13.5. The maximum atomic E-state index is 13.9. The first-order valence-electron chi connectivity index (χ1n) is 14.3. The van der Waals surface area contributed by atoms with E-state index in [4.69, 9.17) is 9.88 Å². The number of hydrogen-bond donors (Lipinski definition) is 3. The van der Waals surface area contributed by atoms with Crippen molar-refractivity contribution in [3.8, 4) is 0 Å². The summed E-state index contributed by atoms with van der Waals surface area (Å²) in [7, 11) is -2.46. The van der Waals surface area contributed by atoms with Crippen molar-refractivity contribution in [2.24, 2.45) is 10.6 Å². The van der Waals surface area contributed by atoms with Gasteiger partial charge in [-0.15, -0.1) is 0 Å². The number of nitrogens with one attached hydrogen (secondary N) is 2. The van der Waals surface area contributed by atoms with Gasteiger partial charge in [0.25, 0.3) is 0 Å². The molecule has 1 heterocycles. The van der Waals surface area contributed by atoms with E-state index in [9.17, 15) is 22.8 Å². The number of carbonyl (C=O) groups is 3. The zero-order valence-corrected chi connectivity index (χ0v) is 25.7. The van der Waals surface area contributed by atoms with Gasteiger partial charge in [-0.2, -0.15) is 0 Å². The van der Waals surface area contributed by atoms with Gasteiger partial charge in [-0.05, 0) is 65.8 Å². The Hall–Kier alpha value is -4.48. The standard InChI is InChI=1S/C33H36N4O6S/c1-33(2)18-26-30(28(38)19-33)31(22-10-12-23(13-11-22)32(40)43-3)37(27-7-5-4-6-25(27)36-26)20-29(39)35-17-16-21-8-14-24(15-9-21)44(34,41)42/h4-15,31,36H,16-20H2,1-3H3,(H,35,39)(H2,34,41,42). The molecule has 0 spiro atoms. The highest BCUT2D eigenvalue weighted by Gasteiger charge is 2.42. The maximum Gasteiger partial charge on any atom is 0.337 e. The van der Waals surface area contributed by atoms with Crippen LogP contribution in [0.2, 0.25) is 0 Å². The minimum absolute atomic E-state index is 0.00643. The van der Waals surface area contributed by atoms with Crippen molar-refractivity contribution in [1.29, 1.82) is 0 Å². The first-order valence-corrected chi connectivity index (χ1v) is 15.9. The molecule has 0 aromatic heterocycles. The van der Waals surface area contributed by atoms with Crippen LogP contribution in [0.3, 0.4) is 0 Å². The molecular formula is C33H36N4O6S. The van der Waals surface area contributed by atoms with E-state index >= 15 is 0 Å². The fraction of sp³-hybridized carbons (Fsp3) is 0.303.